The van der Waals surface area contributed by atoms with Crippen molar-refractivity contribution < 1.29 is 14.3 Å². The number of carbonyl (C=O) groups excluding carboxylic acids is 1. The molecular formula is C15H28N4O3. The third-order valence-electron chi connectivity index (χ3n) is 3.68. The van der Waals surface area contributed by atoms with Crippen LogP contribution in [0.25, 0.3) is 0 Å². The van der Waals surface area contributed by atoms with Gasteiger partial charge in [0.25, 0.3) is 0 Å². The van der Waals surface area contributed by atoms with E-state index in [0.717, 1.165) is 25.9 Å². The van der Waals surface area contributed by atoms with E-state index in [0.29, 0.717) is 31.6 Å². The van der Waals surface area contributed by atoms with Gasteiger partial charge >= 0.3 is 6.09 Å². The molecule has 1 amide bonds. The van der Waals surface area contributed by atoms with Crippen molar-refractivity contribution in [3.05, 3.63) is 0 Å². The van der Waals surface area contributed by atoms with Gasteiger partial charge in [-0.2, -0.15) is 0 Å². The molecule has 7 nitrogen and oxygen atoms in total. The minimum absolute atomic E-state index is 0.00515. The van der Waals surface area contributed by atoms with Gasteiger partial charge in [0.05, 0.1) is 25.8 Å². The van der Waals surface area contributed by atoms with Crippen molar-refractivity contribution in [3.8, 4) is 0 Å². The van der Waals surface area contributed by atoms with Gasteiger partial charge in [0, 0.05) is 13.1 Å². The fourth-order valence-electron chi connectivity index (χ4n) is 2.35. The van der Waals surface area contributed by atoms with Crippen molar-refractivity contribution in [2.24, 2.45) is 16.6 Å². The Morgan fingerprint density at radius 2 is 2.05 bits per heavy atom. The molecule has 126 valence electrons. The molecular weight excluding hydrogens is 284 g/mol. The van der Waals surface area contributed by atoms with Gasteiger partial charge in [-0.15, -0.1) is 0 Å². The maximum Gasteiger partial charge on any atom is 0.407 e. The summed E-state index contributed by atoms with van der Waals surface area (Å²) in [5.41, 5.74) is 5.53. The molecule has 7 heteroatoms. The number of amides is 1. The van der Waals surface area contributed by atoms with Crippen molar-refractivity contribution in [1.82, 2.24) is 10.2 Å². The SMILES string of the molecule is CC(C)(C)OC(=O)NC(CN=C(N)N1CCOCC1)C1CC1. The number of hydrogen-bond donors (Lipinski definition) is 2. The Labute approximate surface area is 132 Å². The highest BCUT2D eigenvalue weighted by Crippen LogP contribution is 2.33. The van der Waals surface area contributed by atoms with E-state index in [9.17, 15) is 4.79 Å². The zero-order valence-electron chi connectivity index (χ0n) is 13.8. The summed E-state index contributed by atoms with van der Waals surface area (Å²) >= 11 is 0. The number of nitrogens with two attached hydrogens (primary N) is 1. The first kappa shape index (κ1) is 16.9. The number of ether oxygens (including phenoxy) is 2. The Morgan fingerprint density at radius 1 is 1.41 bits per heavy atom. The second-order valence-electron chi connectivity index (χ2n) is 6.89. The van der Waals surface area contributed by atoms with Crippen LogP contribution in [-0.4, -0.2) is 61.4 Å². The molecule has 0 aromatic carbocycles. The monoisotopic (exact) mass is 312 g/mol. The van der Waals surface area contributed by atoms with Crippen molar-refractivity contribution in [1.29, 1.82) is 0 Å². The molecule has 1 aliphatic carbocycles. The van der Waals surface area contributed by atoms with Crippen LogP contribution in [0, 0.1) is 5.92 Å². The van der Waals surface area contributed by atoms with E-state index in [1.54, 1.807) is 0 Å². The zero-order chi connectivity index (χ0) is 16.2. The molecule has 0 aromatic heterocycles. The molecule has 0 radical (unpaired) electrons. The lowest BCUT2D eigenvalue weighted by Gasteiger charge is -2.28. The van der Waals surface area contributed by atoms with Crippen LogP contribution in [0.3, 0.4) is 0 Å². The van der Waals surface area contributed by atoms with E-state index in [-0.39, 0.29) is 12.1 Å². The largest absolute Gasteiger partial charge is 0.444 e. The summed E-state index contributed by atoms with van der Waals surface area (Å²) in [4.78, 5) is 18.4. The molecule has 2 fully saturated rings. The van der Waals surface area contributed by atoms with E-state index < -0.39 is 5.60 Å². The van der Waals surface area contributed by atoms with Crippen LogP contribution in [0.2, 0.25) is 0 Å². The minimum atomic E-state index is -0.492. The number of carbonyl (C=O) groups is 1. The van der Waals surface area contributed by atoms with Crippen LogP contribution in [0.1, 0.15) is 33.6 Å². The molecule has 2 aliphatic rings. The van der Waals surface area contributed by atoms with E-state index in [4.69, 9.17) is 15.2 Å². The Hall–Kier alpha value is -1.50. The molecule has 1 saturated carbocycles. The quantitative estimate of drug-likeness (QED) is 0.595. The number of nitrogens with one attached hydrogen (secondary N) is 1. The normalized spacial score (nSPS) is 21.4. The number of alkyl carbamates (subject to hydrolysis) is 1. The summed E-state index contributed by atoms with van der Waals surface area (Å²) in [6.45, 7) is 8.95. The van der Waals surface area contributed by atoms with Gasteiger partial charge in [-0.25, -0.2) is 4.79 Å². The molecule has 22 heavy (non-hydrogen) atoms. The van der Waals surface area contributed by atoms with Crippen LogP contribution in [0.4, 0.5) is 4.79 Å². The predicted octanol–water partition coefficient (Wildman–Crippen LogP) is 0.937. The summed E-state index contributed by atoms with van der Waals surface area (Å²) in [6.07, 6.45) is 1.85. The summed E-state index contributed by atoms with van der Waals surface area (Å²) in [5, 5.41) is 2.93. The lowest BCUT2D eigenvalue weighted by molar-refractivity contribution is 0.0500. The average Bonchev–Trinajstić information content (AvgIpc) is 3.26. The Balaban J connectivity index is 1.84. The van der Waals surface area contributed by atoms with Gasteiger partial charge in [-0.3, -0.25) is 4.99 Å². The van der Waals surface area contributed by atoms with Gasteiger partial charge in [-0.1, -0.05) is 0 Å². The zero-order valence-corrected chi connectivity index (χ0v) is 13.8. The highest BCUT2D eigenvalue weighted by Gasteiger charge is 2.33. The van der Waals surface area contributed by atoms with E-state index in [1.165, 1.54) is 0 Å². The van der Waals surface area contributed by atoms with Gasteiger partial charge in [0.2, 0.25) is 0 Å². The van der Waals surface area contributed by atoms with E-state index >= 15 is 0 Å². The van der Waals surface area contributed by atoms with Crippen molar-refractivity contribution in [2.45, 2.75) is 45.3 Å². The first-order chi connectivity index (χ1) is 10.3. The fraction of sp³-hybridized carbons (Fsp3) is 0.867. The molecule has 3 N–H and O–H groups in total. The van der Waals surface area contributed by atoms with Crippen LogP contribution < -0.4 is 11.1 Å². The van der Waals surface area contributed by atoms with Crippen LogP contribution in [0.5, 0.6) is 0 Å². The van der Waals surface area contributed by atoms with Crippen molar-refractivity contribution in [3.63, 3.8) is 0 Å². The molecule has 2 rings (SSSR count). The van der Waals surface area contributed by atoms with Gasteiger partial charge < -0.3 is 25.4 Å². The van der Waals surface area contributed by atoms with Crippen LogP contribution >= 0.6 is 0 Å². The first-order valence-electron chi connectivity index (χ1n) is 7.97. The van der Waals surface area contributed by atoms with Crippen LogP contribution in [0.15, 0.2) is 4.99 Å². The second kappa shape index (κ2) is 7.17. The smallest absolute Gasteiger partial charge is 0.407 e. The molecule has 0 spiro atoms. The number of rotatable bonds is 4. The highest BCUT2D eigenvalue weighted by molar-refractivity contribution is 5.78. The number of guanidine groups is 1. The Bertz CT molecular complexity index is 410. The maximum absolute atomic E-state index is 11.9. The fourth-order valence-corrected chi connectivity index (χ4v) is 2.35. The maximum atomic E-state index is 11.9. The molecule has 1 aliphatic heterocycles. The Morgan fingerprint density at radius 3 is 2.59 bits per heavy atom. The molecule has 1 saturated heterocycles. The van der Waals surface area contributed by atoms with Gasteiger partial charge in [0.1, 0.15) is 5.60 Å². The van der Waals surface area contributed by atoms with Gasteiger partial charge in [-0.05, 0) is 39.5 Å². The molecule has 1 heterocycles. The summed E-state index contributed by atoms with van der Waals surface area (Å²) < 4.78 is 10.6. The highest BCUT2D eigenvalue weighted by atomic mass is 16.6. The molecule has 1 unspecified atom stereocenters. The summed E-state index contributed by atoms with van der Waals surface area (Å²) in [6, 6.07) is -0.00515. The topological polar surface area (TPSA) is 89.2 Å². The third kappa shape index (κ3) is 5.71. The third-order valence-corrected chi connectivity index (χ3v) is 3.68. The second-order valence-corrected chi connectivity index (χ2v) is 6.89. The molecule has 1 atom stereocenters. The number of aliphatic imine (C=N–C) groups is 1. The summed E-state index contributed by atoms with van der Waals surface area (Å²) in [5.74, 6) is 1.01. The summed E-state index contributed by atoms with van der Waals surface area (Å²) in [7, 11) is 0. The van der Waals surface area contributed by atoms with Crippen molar-refractivity contribution >= 4 is 12.1 Å². The lowest BCUT2D eigenvalue weighted by atomic mass is 10.2. The van der Waals surface area contributed by atoms with Crippen LogP contribution in [-0.2, 0) is 9.47 Å². The first-order valence-corrected chi connectivity index (χ1v) is 7.97. The lowest BCUT2D eigenvalue weighted by Crippen LogP contribution is -2.46. The minimum Gasteiger partial charge on any atom is -0.444 e. The average molecular weight is 312 g/mol. The standard InChI is InChI=1S/C15H28N4O3/c1-15(2,3)22-14(20)18-12(11-4-5-11)10-17-13(16)19-6-8-21-9-7-19/h11-12H,4-10H2,1-3H3,(H2,16,17)(H,18,20). The molecule has 0 bridgehead atoms. The Kier molecular flexibility index (Phi) is 5.50. The van der Waals surface area contributed by atoms with Gasteiger partial charge in [0.15, 0.2) is 5.96 Å². The van der Waals surface area contributed by atoms with E-state index in [1.807, 2.05) is 25.7 Å². The van der Waals surface area contributed by atoms with E-state index in [2.05, 4.69) is 10.3 Å². The number of hydrogen-bond acceptors (Lipinski definition) is 4. The molecule has 0 aromatic rings. The van der Waals surface area contributed by atoms with Crippen molar-refractivity contribution in [2.75, 3.05) is 32.8 Å². The number of nitrogens with zero attached hydrogens (tertiary/aromatic N) is 2. The predicted molar refractivity (Wildman–Crippen MR) is 84.8 cm³/mol. The number of morpholine rings is 1.